The van der Waals surface area contributed by atoms with Crippen molar-refractivity contribution >= 4 is 18.3 Å². The summed E-state index contributed by atoms with van der Waals surface area (Å²) in [5.41, 5.74) is 5.35. The van der Waals surface area contributed by atoms with Gasteiger partial charge in [-0.1, -0.05) is 26.2 Å². The lowest BCUT2D eigenvalue weighted by Gasteiger charge is -2.29. The number of hydrogen-bond donors (Lipinski definition) is 2. The molecule has 3 N–H and O–H groups in total. The summed E-state index contributed by atoms with van der Waals surface area (Å²) < 4.78 is 0. The molecule has 1 fully saturated rings. The highest BCUT2D eigenvalue weighted by Gasteiger charge is 2.21. The second kappa shape index (κ2) is 9.72. The minimum Gasteiger partial charge on any atom is -0.353 e. The summed E-state index contributed by atoms with van der Waals surface area (Å²) in [6.45, 7) is 2.70. The Balaban J connectivity index is 0.00000256. The Labute approximate surface area is 111 Å². The van der Waals surface area contributed by atoms with E-state index in [1.807, 2.05) is 0 Å². The second-order valence-electron chi connectivity index (χ2n) is 4.97. The Kier molecular flexibility index (Phi) is 9.56. The number of hydrogen-bond acceptors (Lipinski definition) is 2. The number of carbonyl (C=O) groups excluding carboxylic acids is 1. The van der Waals surface area contributed by atoms with E-state index in [4.69, 9.17) is 5.73 Å². The number of amides is 1. The Morgan fingerprint density at radius 2 is 1.94 bits per heavy atom. The number of nitrogens with one attached hydrogen (secondary N) is 1. The van der Waals surface area contributed by atoms with Gasteiger partial charge in [0.25, 0.3) is 0 Å². The van der Waals surface area contributed by atoms with Crippen molar-refractivity contribution in [2.45, 2.75) is 64.3 Å². The number of nitrogens with two attached hydrogens (primary N) is 1. The second-order valence-corrected chi connectivity index (χ2v) is 4.97. The van der Waals surface area contributed by atoms with E-state index in [1.54, 1.807) is 0 Å². The van der Waals surface area contributed by atoms with Gasteiger partial charge in [-0.05, 0) is 31.6 Å². The van der Waals surface area contributed by atoms with Gasteiger partial charge >= 0.3 is 0 Å². The number of halogens is 1. The van der Waals surface area contributed by atoms with Gasteiger partial charge in [-0.25, -0.2) is 0 Å². The SMILES string of the molecule is CCCCC1CCC(NC(=O)CCN)CC1.Cl. The normalized spacial score (nSPS) is 23.9. The van der Waals surface area contributed by atoms with Crippen LogP contribution in [0.3, 0.4) is 0 Å². The van der Waals surface area contributed by atoms with E-state index >= 15 is 0 Å². The van der Waals surface area contributed by atoms with Crippen LogP contribution in [0.5, 0.6) is 0 Å². The van der Waals surface area contributed by atoms with E-state index in [0.29, 0.717) is 19.0 Å². The van der Waals surface area contributed by atoms with Crippen molar-refractivity contribution in [2.24, 2.45) is 11.7 Å². The van der Waals surface area contributed by atoms with Crippen LogP contribution in [0.15, 0.2) is 0 Å². The molecule has 1 saturated carbocycles. The Morgan fingerprint density at radius 3 is 2.47 bits per heavy atom. The maximum Gasteiger partial charge on any atom is 0.221 e. The van der Waals surface area contributed by atoms with Gasteiger partial charge in [0.1, 0.15) is 0 Å². The number of unbranched alkanes of at least 4 members (excludes halogenated alkanes) is 1. The smallest absolute Gasteiger partial charge is 0.221 e. The van der Waals surface area contributed by atoms with Crippen LogP contribution in [0.4, 0.5) is 0 Å². The average molecular weight is 263 g/mol. The van der Waals surface area contributed by atoms with Gasteiger partial charge in [0.05, 0.1) is 0 Å². The van der Waals surface area contributed by atoms with Gasteiger partial charge in [-0.3, -0.25) is 4.79 Å². The first-order chi connectivity index (χ1) is 7.76. The van der Waals surface area contributed by atoms with E-state index in [-0.39, 0.29) is 18.3 Å². The van der Waals surface area contributed by atoms with E-state index in [9.17, 15) is 4.79 Å². The standard InChI is InChI=1S/C13H26N2O.ClH/c1-2-3-4-11-5-7-12(8-6-11)15-13(16)9-10-14;/h11-12H,2-10,14H2,1H3,(H,15,16);1H. The molecule has 0 radical (unpaired) electrons. The van der Waals surface area contributed by atoms with E-state index in [0.717, 1.165) is 18.8 Å². The van der Waals surface area contributed by atoms with E-state index in [2.05, 4.69) is 12.2 Å². The lowest BCUT2D eigenvalue weighted by molar-refractivity contribution is -0.121. The Hall–Kier alpha value is -0.280. The molecule has 0 aromatic carbocycles. The fourth-order valence-electron chi connectivity index (χ4n) is 2.52. The molecule has 0 heterocycles. The Bertz CT molecular complexity index is 204. The van der Waals surface area contributed by atoms with E-state index in [1.165, 1.54) is 32.1 Å². The van der Waals surface area contributed by atoms with Crippen LogP contribution in [0.2, 0.25) is 0 Å². The molecule has 102 valence electrons. The van der Waals surface area contributed by atoms with Crippen LogP contribution in [0.25, 0.3) is 0 Å². The third-order valence-electron chi connectivity index (χ3n) is 3.55. The highest BCUT2D eigenvalue weighted by molar-refractivity contribution is 5.85. The first-order valence-corrected chi connectivity index (χ1v) is 6.75. The Morgan fingerprint density at radius 1 is 1.29 bits per heavy atom. The fraction of sp³-hybridized carbons (Fsp3) is 0.923. The molecule has 1 amide bonds. The van der Waals surface area contributed by atoms with Crippen LogP contribution < -0.4 is 11.1 Å². The van der Waals surface area contributed by atoms with Crippen LogP contribution in [-0.4, -0.2) is 18.5 Å². The van der Waals surface area contributed by atoms with Crippen molar-refractivity contribution in [2.75, 3.05) is 6.54 Å². The van der Waals surface area contributed by atoms with Crippen molar-refractivity contribution in [3.05, 3.63) is 0 Å². The van der Waals surface area contributed by atoms with Gasteiger partial charge in [0, 0.05) is 19.0 Å². The lowest BCUT2D eigenvalue weighted by Crippen LogP contribution is -2.38. The van der Waals surface area contributed by atoms with Gasteiger partial charge in [0.15, 0.2) is 0 Å². The summed E-state index contributed by atoms with van der Waals surface area (Å²) in [6, 6.07) is 0.414. The molecule has 3 nitrogen and oxygen atoms in total. The molecule has 0 aromatic rings. The zero-order chi connectivity index (χ0) is 11.8. The van der Waals surface area contributed by atoms with Crippen molar-refractivity contribution in [1.29, 1.82) is 0 Å². The molecular formula is C13H27ClN2O. The number of rotatable bonds is 6. The molecule has 4 heteroatoms. The van der Waals surface area contributed by atoms with Crippen LogP contribution in [-0.2, 0) is 4.79 Å². The molecule has 1 aliphatic rings. The van der Waals surface area contributed by atoms with Crippen LogP contribution in [0.1, 0.15) is 58.3 Å². The minimum atomic E-state index is 0. The zero-order valence-corrected chi connectivity index (χ0v) is 11.7. The monoisotopic (exact) mass is 262 g/mol. The van der Waals surface area contributed by atoms with Crippen molar-refractivity contribution in [3.63, 3.8) is 0 Å². The summed E-state index contributed by atoms with van der Waals surface area (Å²) in [4.78, 5) is 11.4. The molecule has 0 unspecified atom stereocenters. The van der Waals surface area contributed by atoms with Gasteiger partial charge < -0.3 is 11.1 Å². The van der Waals surface area contributed by atoms with Gasteiger partial charge in [-0.15, -0.1) is 12.4 Å². The predicted molar refractivity (Wildman–Crippen MR) is 74.3 cm³/mol. The molecule has 0 saturated heterocycles. The topological polar surface area (TPSA) is 55.1 Å². The van der Waals surface area contributed by atoms with Crippen LogP contribution >= 0.6 is 12.4 Å². The summed E-state index contributed by atoms with van der Waals surface area (Å²) in [5, 5.41) is 3.08. The molecule has 17 heavy (non-hydrogen) atoms. The van der Waals surface area contributed by atoms with Gasteiger partial charge in [-0.2, -0.15) is 0 Å². The predicted octanol–water partition coefficient (Wildman–Crippen LogP) is 2.62. The molecule has 0 spiro atoms. The summed E-state index contributed by atoms with van der Waals surface area (Å²) >= 11 is 0. The van der Waals surface area contributed by atoms with Crippen molar-refractivity contribution in [1.82, 2.24) is 5.32 Å². The average Bonchev–Trinajstić information content (AvgIpc) is 2.28. The minimum absolute atomic E-state index is 0. The first kappa shape index (κ1) is 16.7. The molecule has 1 rings (SSSR count). The lowest BCUT2D eigenvalue weighted by atomic mass is 9.83. The maximum atomic E-state index is 11.4. The summed E-state index contributed by atoms with van der Waals surface area (Å²) in [6.07, 6.45) is 9.38. The maximum absolute atomic E-state index is 11.4. The van der Waals surface area contributed by atoms with Crippen molar-refractivity contribution in [3.8, 4) is 0 Å². The molecule has 0 aliphatic heterocycles. The third-order valence-corrected chi connectivity index (χ3v) is 3.55. The quantitative estimate of drug-likeness (QED) is 0.773. The molecule has 0 atom stereocenters. The summed E-state index contributed by atoms with van der Waals surface area (Å²) in [7, 11) is 0. The zero-order valence-electron chi connectivity index (χ0n) is 10.9. The highest BCUT2D eigenvalue weighted by Crippen LogP contribution is 2.28. The molecule has 0 aromatic heterocycles. The van der Waals surface area contributed by atoms with Gasteiger partial charge in [0.2, 0.25) is 5.91 Å². The molecule has 0 bridgehead atoms. The number of carbonyl (C=O) groups is 1. The van der Waals surface area contributed by atoms with Crippen molar-refractivity contribution < 1.29 is 4.79 Å². The van der Waals surface area contributed by atoms with E-state index < -0.39 is 0 Å². The summed E-state index contributed by atoms with van der Waals surface area (Å²) in [5.74, 6) is 1.03. The highest BCUT2D eigenvalue weighted by atomic mass is 35.5. The fourth-order valence-corrected chi connectivity index (χ4v) is 2.52. The largest absolute Gasteiger partial charge is 0.353 e. The first-order valence-electron chi connectivity index (χ1n) is 6.75. The molecular weight excluding hydrogens is 236 g/mol. The third kappa shape index (κ3) is 6.89. The van der Waals surface area contributed by atoms with Crippen LogP contribution in [0, 0.1) is 5.92 Å². The molecule has 1 aliphatic carbocycles.